The van der Waals surface area contributed by atoms with E-state index in [4.69, 9.17) is 5.73 Å². The van der Waals surface area contributed by atoms with Crippen LogP contribution in [0.5, 0.6) is 0 Å². The smallest absolute Gasteiger partial charge is 0.244 e. The van der Waals surface area contributed by atoms with Crippen molar-refractivity contribution < 1.29 is 17.6 Å². The Morgan fingerprint density at radius 2 is 2.09 bits per heavy atom. The number of alkyl halides is 1. The summed E-state index contributed by atoms with van der Waals surface area (Å²) >= 11 is 0. The molecule has 1 amide bonds. The molecule has 1 fully saturated rings. The van der Waals surface area contributed by atoms with E-state index in [2.05, 4.69) is 4.98 Å². The van der Waals surface area contributed by atoms with Crippen LogP contribution in [0.2, 0.25) is 0 Å². The van der Waals surface area contributed by atoms with E-state index in [0.717, 1.165) is 4.31 Å². The molecule has 3 rings (SSSR count). The lowest BCUT2D eigenvalue weighted by molar-refractivity contribution is -0.121. The molecule has 0 aliphatic carbocycles. The maximum Gasteiger partial charge on any atom is 0.244 e. The Morgan fingerprint density at radius 3 is 2.82 bits per heavy atom. The number of fused-ring (bicyclic) bond motifs is 1. The molecule has 2 aromatic rings. The van der Waals surface area contributed by atoms with Crippen LogP contribution in [-0.2, 0) is 14.8 Å². The number of benzene rings is 1. The molecule has 0 unspecified atom stereocenters. The van der Waals surface area contributed by atoms with Crippen molar-refractivity contribution >= 4 is 26.8 Å². The van der Waals surface area contributed by atoms with Crippen LogP contribution in [-0.4, -0.2) is 42.4 Å². The Morgan fingerprint density at radius 1 is 1.32 bits per heavy atom. The predicted octanol–water partition coefficient (Wildman–Crippen LogP) is 0.821. The van der Waals surface area contributed by atoms with Gasteiger partial charge in [0.2, 0.25) is 15.9 Å². The number of sulfonamides is 1. The summed E-state index contributed by atoms with van der Waals surface area (Å²) < 4.78 is 40.1. The number of nitrogens with two attached hydrogens (primary N) is 1. The van der Waals surface area contributed by atoms with Gasteiger partial charge in [0.05, 0.1) is 10.4 Å². The third-order valence-corrected chi connectivity index (χ3v) is 5.66. The molecule has 2 heterocycles. The van der Waals surface area contributed by atoms with Crippen LogP contribution >= 0.6 is 0 Å². The van der Waals surface area contributed by atoms with Gasteiger partial charge < -0.3 is 5.73 Å². The molecular formula is C14H14FN3O3S. The summed E-state index contributed by atoms with van der Waals surface area (Å²) in [4.78, 5) is 15.5. The number of hydrogen-bond donors (Lipinski definition) is 1. The topological polar surface area (TPSA) is 93.4 Å². The number of carbonyl (C=O) groups excluding carboxylic acids is 1. The number of pyridine rings is 1. The van der Waals surface area contributed by atoms with Gasteiger partial charge in [0.1, 0.15) is 12.2 Å². The molecule has 2 atom stereocenters. The van der Waals surface area contributed by atoms with E-state index >= 15 is 0 Å². The summed E-state index contributed by atoms with van der Waals surface area (Å²) in [6, 6.07) is 6.74. The lowest BCUT2D eigenvalue weighted by Crippen LogP contribution is -2.43. The van der Waals surface area contributed by atoms with Crippen molar-refractivity contribution in [1.82, 2.24) is 9.29 Å². The predicted molar refractivity (Wildman–Crippen MR) is 78.1 cm³/mol. The molecule has 116 valence electrons. The summed E-state index contributed by atoms with van der Waals surface area (Å²) in [5, 5.41) is 0.426. The number of amides is 1. The highest BCUT2D eigenvalue weighted by Gasteiger charge is 2.43. The number of halogens is 1. The Balaban J connectivity index is 2.14. The lowest BCUT2D eigenvalue weighted by atomic mass is 10.2. The zero-order valence-corrected chi connectivity index (χ0v) is 12.3. The van der Waals surface area contributed by atoms with E-state index in [9.17, 15) is 17.6 Å². The number of rotatable bonds is 3. The van der Waals surface area contributed by atoms with Crippen LogP contribution in [0, 0.1) is 0 Å². The Kier molecular flexibility index (Phi) is 3.57. The Bertz CT molecular complexity index is 835. The largest absolute Gasteiger partial charge is 0.368 e. The molecule has 0 radical (unpaired) electrons. The highest BCUT2D eigenvalue weighted by molar-refractivity contribution is 7.89. The Hall–Kier alpha value is -2.06. The summed E-state index contributed by atoms with van der Waals surface area (Å²) in [5.41, 5.74) is 5.72. The van der Waals surface area contributed by atoms with Crippen LogP contribution in [0.3, 0.4) is 0 Å². The first-order valence-electron chi connectivity index (χ1n) is 6.70. The first-order chi connectivity index (χ1) is 10.4. The second-order valence-electron chi connectivity index (χ2n) is 5.15. The van der Waals surface area contributed by atoms with E-state index in [-0.39, 0.29) is 17.9 Å². The minimum atomic E-state index is -4.04. The molecule has 6 nitrogen and oxygen atoms in total. The Labute approximate surface area is 126 Å². The monoisotopic (exact) mass is 323 g/mol. The third kappa shape index (κ3) is 2.34. The molecule has 0 spiro atoms. The second kappa shape index (κ2) is 5.29. The van der Waals surface area contributed by atoms with Gasteiger partial charge in [0.15, 0.2) is 0 Å². The van der Waals surface area contributed by atoms with Crippen LogP contribution in [0.4, 0.5) is 4.39 Å². The van der Waals surface area contributed by atoms with Gasteiger partial charge in [-0.2, -0.15) is 4.31 Å². The van der Waals surface area contributed by atoms with E-state index < -0.39 is 28.1 Å². The number of hydrogen-bond acceptors (Lipinski definition) is 4. The standard InChI is InChI=1S/C14H14FN3O3S/c15-9-7-12(14(16)19)18(8-9)22(20,21)13-5-1-4-11-10(13)3-2-6-17-11/h1-6,9,12H,7-8H2,(H2,16,19)/t9-,12+/m1/s1. The maximum absolute atomic E-state index is 13.6. The van der Waals surface area contributed by atoms with Gasteiger partial charge in [-0.25, -0.2) is 12.8 Å². The lowest BCUT2D eigenvalue weighted by Gasteiger charge is -2.22. The quantitative estimate of drug-likeness (QED) is 0.905. The van der Waals surface area contributed by atoms with Crippen molar-refractivity contribution in [3.63, 3.8) is 0 Å². The summed E-state index contributed by atoms with van der Waals surface area (Å²) in [6.45, 7) is -0.368. The molecule has 0 bridgehead atoms. The number of carbonyl (C=O) groups is 1. The highest BCUT2D eigenvalue weighted by Crippen LogP contribution is 2.30. The van der Waals surface area contributed by atoms with E-state index in [1.54, 1.807) is 30.5 Å². The molecule has 1 aliphatic rings. The van der Waals surface area contributed by atoms with E-state index in [1.807, 2.05) is 0 Å². The van der Waals surface area contributed by atoms with Crippen molar-refractivity contribution in [2.24, 2.45) is 5.73 Å². The molecule has 2 N–H and O–H groups in total. The van der Waals surface area contributed by atoms with E-state index in [0.29, 0.717) is 10.9 Å². The van der Waals surface area contributed by atoms with E-state index in [1.165, 1.54) is 6.07 Å². The van der Waals surface area contributed by atoms with Crippen molar-refractivity contribution in [3.05, 3.63) is 36.5 Å². The fourth-order valence-electron chi connectivity index (χ4n) is 2.71. The molecule has 22 heavy (non-hydrogen) atoms. The van der Waals surface area contributed by atoms with Crippen LogP contribution in [0.1, 0.15) is 6.42 Å². The van der Waals surface area contributed by atoms with Crippen molar-refractivity contribution in [3.8, 4) is 0 Å². The van der Waals surface area contributed by atoms with Crippen molar-refractivity contribution in [2.45, 2.75) is 23.5 Å². The van der Waals surface area contributed by atoms with Crippen LogP contribution < -0.4 is 5.73 Å². The minimum Gasteiger partial charge on any atom is -0.368 e. The SMILES string of the molecule is NC(=O)[C@@H]1C[C@@H](F)CN1S(=O)(=O)c1cccc2ncccc12. The molecule has 1 aliphatic heterocycles. The molecule has 0 saturated carbocycles. The maximum atomic E-state index is 13.6. The van der Waals surface area contributed by atoms with Gasteiger partial charge in [0.25, 0.3) is 0 Å². The molecule has 1 aromatic heterocycles. The summed E-state index contributed by atoms with van der Waals surface area (Å²) in [5.74, 6) is -0.845. The molecule has 8 heteroatoms. The highest BCUT2D eigenvalue weighted by atomic mass is 32.2. The molecule has 1 aromatic carbocycles. The molecule has 1 saturated heterocycles. The van der Waals surface area contributed by atoms with Gasteiger partial charge in [-0.1, -0.05) is 6.07 Å². The summed E-state index contributed by atoms with van der Waals surface area (Å²) in [7, 11) is -4.04. The van der Waals surface area contributed by atoms with Crippen molar-refractivity contribution in [2.75, 3.05) is 6.54 Å². The molecular weight excluding hydrogens is 309 g/mol. The fourth-order valence-corrected chi connectivity index (χ4v) is 4.54. The van der Waals surface area contributed by atoms with Gasteiger partial charge in [-0.3, -0.25) is 9.78 Å². The van der Waals surface area contributed by atoms with Gasteiger partial charge in [-0.15, -0.1) is 0 Å². The zero-order valence-electron chi connectivity index (χ0n) is 11.5. The number of primary amides is 1. The summed E-state index contributed by atoms with van der Waals surface area (Å²) in [6.07, 6.45) is -0.0592. The first kappa shape index (κ1) is 14.9. The fraction of sp³-hybridized carbons (Fsp3) is 0.286. The minimum absolute atomic E-state index is 0.00144. The zero-order chi connectivity index (χ0) is 15.9. The number of aromatic nitrogens is 1. The second-order valence-corrected chi connectivity index (χ2v) is 7.01. The normalized spacial score (nSPS) is 23.0. The van der Waals surface area contributed by atoms with Gasteiger partial charge >= 0.3 is 0 Å². The first-order valence-corrected chi connectivity index (χ1v) is 8.14. The van der Waals surface area contributed by atoms with Crippen LogP contribution in [0.25, 0.3) is 10.9 Å². The average Bonchev–Trinajstić information content (AvgIpc) is 2.90. The van der Waals surface area contributed by atoms with Crippen LogP contribution in [0.15, 0.2) is 41.4 Å². The number of nitrogens with zero attached hydrogens (tertiary/aromatic N) is 2. The third-order valence-electron chi connectivity index (χ3n) is 3.73. The van der Waals surface area contributed by atoms with Gasteiger partial charge in [0, 0.05) is 24.5 Å². The van der Waals surface area contributed by atoms with Crippen molar-refractivity contribution in [1.29, 1.82) is 0 Å². The van der Waals surface area contributed by atoms with Gasteiger partial charge in [-0.05, 0) is 24.3 Å². The average molecular weight is 323 g/mol.